The molecule has 4 nitrogen and oxygen atoms in total. The lowest BCUT2D eigenvalue weighted by atomic mass is 10.1. The van der Waals surface area contributed by atoms with Crippen LogP contribution < -0.4 is 14.8 Å². The fourth-order valence-corrected chi connectivity index (χ4v) is 1.94. The van der Waals surface area contributed by atoms with E-state index in [-0.39, 0.29) is 5.82 Å². The average molecular weight is 286 g/mol. The van der Waals surface area contributed by atoms with Gasteiger partial charge in [0.2, 0.25) is 0 Å². The Morgan fingerprint density at radius 3 is 2.62 bits per heavy atom. The van der Waals surface area contributed by atoms with Gasteiger partial charge in [0.15, 0.2) is 0 Å². The van der Waals surface area contributed by atoms with Gasteiger partial charge in [-0.1, -0.05) is 0 Å². The van der Waals surface area contributed by atoms with E-state index < -0.39 is 0 Å². The van der Waals surface area contributed by atoms with E-state index in [0.29, 0.717) is 29.3 Å². The van der Waals surface area contributed by atoms with Gasteiger partial charge in [-0.15, -0.1) is 0 Å². The molecule has 0 heterocycles. The molecule has 0 atom stereocenters. The average Bonchev–Trinajstić information content (AvgIpc) is 2.53. The van der Waals surface area contributed by atoms with Crippen molar-refractivity contribution in [1.82, 2.24) is 0 Å². The fourth-order valence-electron chi connectivity index (χ4n) is 1.94. The zero-order valence-electron chi connectivity index (χ0n) is 11.8. The molecule has 0 fully saturated rings. The number of nitrogens with zero attached hydrogens (tertiary/aromatic N) is 1. The fraction of sp³-hybridized carbons (Fsp3) is 0.188. The first-order chi connectivity index (χ1) is 10.2. The molecule has 2 aromatic rings. The number of nitrogens with one attached hydrogen (secondary N) is 1. The summed E-state index contributed by atoms with van der Waals surface area (Å²) in [6, 6.07) is 11.6. The van der Waals surface area contributed by atoms with Gasteiger partial charge in [-0.25, -0.2) is 4.39 Å². The molecule has 21 heavy (non-hydrogen) atoms. The summed E-state index contributed by atoms with van der Waals surface area (Å²) in [4.78, 5) is 0. The lowest BCUT2D eigenvalue weighted by Gasteiger charge is -2.12. The van der Waals surface area contributed by atoms with Crippen LogP contribution in [0.2, 0.25) is 0 Å². The van der Waals surface area contributed by atoms with E-state index in [1.165, 1.54) is 13.2 Å². The first kappa shape index (κ1) is 14.7. The minimum absolute atomic E-state index is 0.332. The Morgan fingerprint density at radius 1 is 1.14 bits per heavy atom. The van der Waals surface area contributed by atoms with Crippen LogP contribution >= 0.6 is 0 Å². The molecule has 2 aromatic carbocycles. The molecule has 0 saturated carbocycles. The number of nitriles is 1. The molecule has 0 amide bonds. The number of ether oxygens (including phenoxy) is 2. The van der Waals surface area contributed by atoms with Gasteiger partial charge >= 0.3 is 0 Å². The summed E-state index contributed by atoms with van der Waals surface area (Å²) < 4.78 is 24.0. The molecule has 0 aliphatic carbocycles. The van der Waals surface area contributed by atoms with Gasteiger partial charge in [-0.3, -0.25) is 0 Å². The molecule has 0 aliphatic rings. The van der Waals surface area contributed by atoms with Crippen molar-refractivity contribution in [2.75, 3.05) is 19.5 Å². The van der Waals surface area contributed by atoms with Gasteiger partial charge in [0.25, 0.3) is 0 Å². The lowest BCUT2D eigenvalue weighted by Crippen LogP contribution is -2.04. The summed E-state index contributed by atoms with van der Waals surface area (Å²) in [5.74, 6) is 0.840. The molecular weight excluding hydrogens is 271 g/mol. The Bertz CT molecular complexity index is 680. The number of benzene rings is 2. The van der Waals surface area contributed by atoms with Crippen LogP contribution in [0.5, 0.6) is 11.5 Å². The topological polar surface area (TPSA) is 54.3 Å². The Morgan fingerprint density at radius 2 is 1.95 bits per heavy atom. The minimum atomic E-state index is -0.369. The lowest BCUT2D eigenvalue weighted by molar-refractivity contribution is 0.410. The second-order valence-corrected chi connectivity index (χ2v) is 4.34. The number of rotatable bonds is 5. The number of hydrogen-bond acceptors (Lipinski definition) is 4. The highest BCUT2D eigenvalue weighted by Gasteiger charge is 2.07. The third-order valence-corrected chi connectivity index (χ3v) is 3.05. The van der Waals surface area contributed by atoms with Crippen molar-refractivity contribution in [3.8, 4) is 17.6 Å². The zero-order chi connectivity index (χ0) is 15.2. The summed E-state index contributed by atoms with van der Waals surface area (Å²) in [6.45, 7) is 0.336. The van der Waals surface area contributed by atoms with Crippen molar-refractivity contribution in [3.05, 3.63) is 53.3 Å². The summed E-state index contributed by atoms with van der Waals surface area (Å²) >= 11 is 0. The van der Waals surface area contributed by atoms with Crippen LogP contribution in [0.15, 0.2) is 36.4 Å². The molecule has 0 unspecified atom stereocenters. The standard InChI is InChI=1S/C16H15FN2O2/c1-20-13-4-5-14(17)15(8-13)19-10-12-7-11(9-18)3-6-16(12)21-2/h3-8,19H,10H2,1-2H3. The molecule has 2 rings (SSSR count). The molecule has 0 aromatic heterocycles. The van der Waals surface area contributed by atoms with Gasteiger partial charge < -0.3 is 14.8 Å². The SMILES string of the molecule is COc1ccc(F)c(NCc2cc(C#N)ccc2OC)c1. The van der Waals surface area contributed by atoms with Crippen LogP contribution in [-0.2, 0) is 6.54 Å². The molecule has 0 aliphatic heterocycles. The van der Waals surface area contributed by atoms with E-state index in [1.807, 2.05) is 0 Å². The highest BCUT2D eigenvalue weighted by atomic mass is 19.1. The van der Waals surface area contributed by atoms with Crippen LogP contribution in [-0.4, -0.2) is 14.2 Å². The maximum Gasteiger partial charge on any atom is 0.146 e. The van der Waals surface area contributed by atoms with Crippen molar-refractivity contribution in [2.24, 2.45) is 0 Å². The Labute approximate surface area is 122 Å². The third kappa shape index (κ3) is 3.42. The smallest absolute Gasteiger partial charge is 0.146 e. The second kappa shape index (κ2) is 6.62. The molecule has 0 spiro atoms. The first-order valence-electron chi connectivity index (χ1n) is 6.32. The normalized spacial score (nSPS) is 9.81. The van der Waals surface area contributed by atoms with Gasteiger partial charge in [-0.2, -0.15) is 5.26 Å². The Hall–Kier alpha value is -2.74. The van der Waals surface area contributed by atoms with E-state index in [9.17, 15) is 4.39 Å². The predicted octanol–water partition coefficient (Wildman–Crippen LogP) is 3.33. The molecule has 0 saturated heterocycles. The van der Waals surface area contributed by atoms with Crippen molar-refractivity contribution < 1.29 is 13.9 Å². The Balaban J connectivity index is 2.22. The molecular formula is C16H15FN2O2. The molecule has 0 bridgehead atoms. The van der Waals surface area contributed by atoms with Gasteiger partial charge in [-0.05, 0) is 30.3 Å². The van der Waals surface area contributed by atoms with E-state index in [1.54, 1.807) is 37.4 Å². The molecule has 108 valence electrons. The number of halogens is 1. The van der Waals surface area contributed by atoms with E-state index in [2.05, 4.69) is 11.4 Å². The van der Waals surface area contributed by atoms with Gasteiger partial charge in [0.05, 0.1) is 31.5 Å². The van der Waals surface area contributed by atoms with Crippen LogP contribution in [0.1, 0.15) is 11.1 Å². The van der Waals surface area contributed by atoms with E-state index in [4.69, 9.17) is 14.7 Å². The quantitative estimate of drug-likeness (QED) is 0.916. The third-order valence-electron chi connectivity index (χ3n) is 3.05. The Kier molecular flexibility index (Phi) is 4.62. The highest BCUT2D eigenvalue weighted by molar-refractivity contribution is 5.51. The van der Waals surface area contributed by atoms with Crippen LogP contribution in [0.3, 0.4) is 0 Å². The van der Waals surface area contributed by atoms with E-state index in [0.717, 1.165) is 5.56 Å². The number of methoxy groups -OCH3 is 2. The maximum absolute atomic E-state index is 13.7. The number of hydrogen-bond donors (Lipinski definition) is 1. The van der Waals surface area contributed by atoms with Crippen LogP contribution in [0.25, 0.3) is 0 Å². The van der Waals surface area contributed by atoms with Crippen molar-refractivity contribution in [3.63, 3.8) is 0 Å². The summed E-state index contributed by atoms with van der Waals surface area (Å²) in [5, 5.41) is 11.9. The first-order valence-corrected chi connectivity index (χ1v) is 6.32. The highest BCUT2D eigenvalue weighted by Crippen LogP contribution is 2.24. The number of anilines is 1. The monoisotopic (exact) mass is 286 g/mol. The maximum atomic E-state index is 13.7. The minimum Gasteiger partial charge on any atom is -0.497 e. The van der Waals surface area contributed by atoms with Crippen molar-refractivity contribution in [1.29, 1.82) is 5.26 Å². The molecule has 0 radical (unpaired) electrons. The molecule has 5 heteroatoms. The van der Waals surface area contributed by atoms with Crippen LogP contribution in [0, 0.1) is 17.1 Å². The second-order valence-electron chi connectivity index (χ2n) is 4.34. The van der Waals surface area contributed by atoms with Gasteiger partial charge in [0, 0.05) is 18.2 Å². The summed E-state index contributed by atoms with van der Waals surface area (Å²) in [6.07, 6.45) is 0. The molecule has 1 N–H and O–H groups in total. The largest absolute Gasteiger partial charge is 0.497 e. The van der Waals surface area contributed by atoms with Crippen molar-refractivity contribution in [2.45, 2.75) is 6.54 Å². The summed E-state index contributed by atoms with van der Waals surface area (Å²) in [5.41, 5.74) is 1.64. The van der Waals surface area contributed by atoms with E-state index >= 15 is 0 Å². The summed E-state index contributed by atoms with van der Waals surface area (Å²) in [7, 11) is 3.08. The van der Waals surface area contributed by atoms with Gasteiger partial charge in [0.1, 0.15) is 17.3 Å². The zero-order valence-corrected chi connectivity index (χ0v) is 11.8. The predicted molar refractivity (Wildman–Crippen MR) is 78.0 cm³/mol. The van der Waals surface area contributed by atoms with Crippen LogP contribution in [0.4, 0.5) is 10.1 Å². The van der Waals surface area contributed by atoms with Crippen molar-refractivity contribution >= 4 is 5.69 Å².